The molecular weight excluding hydrogens is 240 g/mol. The number of hydrogen-bond acceptors (Lipinski definition) is 1. The molecule has 14 heavy (non-hydrogen) atoms. The smallest absolute Gasteiger partial charge is 0.133 e. The Morgan fingerprint density at radius 3 is 2.64 bits per heavy atom. The summed E-state index contributed by atoms with van der Waals surface area (Å²) in [5.74, 6) is 0.959. The topological polar surface area (TPSA) is 9.23 Å². The van der Waals surface area contributed by atoms with Gasteiger partial charge in [0, 0.05) is 0 Å². The van der Waals surface area contributed by atoms with Crippen LogP contribution in [-0.2, 0) is 12.8 Å². The Balaban J connectivity index is 0.000000980. The molecule has 0 aliphatic heterocycles. The van der Waals surface area contributed by atoms with Gasteiger partial charge in [-0.3, -0.25) is 0 Å². The third-order valence-electron chi connectivity index (χ3n) is 2.65. The number of benzene rings is 1. The van der Waals surface area contributed by atoms with Gasteiger partial charge < -0.3 is 4.74 Å². The van der Waals surface area contributed by atoms with Crippen LogP contribution in [0.25, 0.3) is 0 Å². The van der Waals surface area contributed by atoms with Gasteiger partial charge in [-0.05, 0) is 58.8 Å². The Morgan fingerprint density at radius 2 is 1.93 bits per heavy atom. The van der Waals surface area contributed by atoms with Crippen molar-refractivity contribution >= 4 is 15.9 Å². The van der Waals surface area contributed by atoms with Crippen LogP contribution in [0.4, 0.5) is 0 Å². The average molecular weight is 257 g/mol. The average Bonchev–Trinajstić information content (AvgIpc) is 2.19. The van der Waals surface area contributed by atoms with E-state index < -0.39 is 0 Å². The molecule has 0 amide bonds. The van der Waals surface area contributed by atoms with E-state index >= 15 is 0 Å². The van der Waals surface area contributed by atoms with E-state index in [1.165, 1.54) is 36.8 Å². The van der Waals surface area contributed by atoms with Crippen LogP contribution in [0, 0.1) is 0 Å². The largest absolute Gasteiger partial charge is 0.496 e. The number of aryl methyl sites for hydroxylation is 1. The van der Waals surface area contributed by atoms with Crippen LogP contribution in [0.5, 0.6) is 5.75 Å². The maximum Gasteiger partial charge on any atom is 0.133 e. The summed E-state index contributed by atoms with van der Waals surface area (Å²) >= 11 is 3.60. The molecule has 0 unspecified atom stereocenters. The summed E-state index contributed by atoms with van der Waals surface area (Å²) in [5.41, 5.74) is 2.93. The summed E-state index contributed by atoms with van der Waals surface area (Å²) in [6.45, 7) is 0. The van der Waals surface area contributed by atoms with E-state index in [9.17, 15) is 0 Å². The zero-order valence-electron chi connectivity index (χ0n) is 7.77. The number of halogens is 1. The second kappa shape index (κ2) is 4.83. The van der Waals surface area contributed by atoms with Gasteiger partial charge in [0.15, 0.2) is 0 Å². The van der Waals surface area contributed by atoms with Crippen molar-refractivity contribution in [1.82, 2.24) is 0 Å². The van der Waals surface area contributed by atoms with Crippen LogP contribution in [0.3, 0.4) is 0 Å². The highest BCUT2D eigenvalue weighted by molar-refractivity contribution is 9.10. The van der Waals surface area contributed by atoms with Crippen molar-refractivity contribution in [1.29, 1.82) is 0 Å². The molecule has 0 heterocycles. The molecule has 0 saturated carbocycles. The second-order valence-corrected chi connectivity index (χ2v) is 4.22. The van der Waals surface area contributed by atoms with E-state index in [2.05, 4.69) is 22.0 Å². The molecule has 0 spiro atoms. The van der Waals surface area contributed by atoms with Crippen LogP contribution >= 0.6 is 15.9 Å². The molecule has 0 bridgehead atoms. The first kappa shape index (κ1) is 11.6. The lowest BCUT2D eigenvalue weighted by Gasteiger charge is -2.18. The van der Waals surface area contributed by atoms with Crippen molar-refractivity contribution in [2.24, 2.45) is 0 Å². The summed E-state index contributed by atoms with van der Waals surface area (Å²) in [6.07, 6.45) is 5.04. The Morgan fingerprint density at radius 1 is 1.21 bits per heavy atom. The van der Waals surface area contributed by atoms with Crippen LogP contribution in [0.2, 0.25) is 0 Å². The zero-order valence-corrected chi connectivity index (χ0v) is 9.36. The quantitative estimate of drug-likeness (QED) is 0.739. The molecule has 1 aliphatic carbocycles. The first-order chi connectivity index (χ1) is 6.33. The molecule has 2 rings (SSSR count). The van der Waals surface area contributed by atoms with Crippen molar-refractivity contribution in [3.63, 3.8) is 0 Å². The summed E-state index contributed by atoms with van der Waals surface area (Å²) in [5, 5.41) is 0. The maximum atomic E-state index is 5.26. The highest BCUT2D eigenvalue weighted by Gasteiger charge is 2.14. The standard InChI is InChI=1S/C11H13BrO.CH4/c1-13-10-7-6-8-4-2-3-5-9(8)11(10)12;/h6-7H,2-5H2,1H3;1H4. The summed E-state index contributed by atoms with van der Waals surface area (Å²) in [7, 11) is 1.72. The monoisotopic (exact) mass is 256 g/mol. The third-order valence-corrected chi connectivity index (χ3v) is 3.52. The minimum absolute atomic E-state index is 0. The predicted molar refractivity (Wildman–Crippen MR) is 64.1 cm³/mol. The molecule has 1 nitrogen and oxygen atoms in total. The molecule has 0 radical (unpaired) electrons. The molecule has 0 N–H and O–H groups in total. The number of hydrogen-bond donors (Lipinski definition) is 0. The molecule has 1 aromatic rings. The fraction of sp³-hybridized carbons (Fsp3) is 0.500. The van der Waals surface area contributed by atoms with Gasteiger partial charge in [0.25, 0.3) is 0 Å². The summed E-state index contributed by atoms with van der Waals surface area (Å²) in [4.78, 5) is 0. The molecule has 0 saturated heterocycles. The Bertz CT molecular complexity index is 320. The minimum atomic E-state index is 0. The molecule has 0 fully saturated rings. The highest BCUT2D eigenvalue weighted by Crippen LogP contribution is 2.34. The van der Waals surface area contributed by atoms with E-state index in [0.29, 0.717) is 0 Å². The van der Waals surface area contributed by atoms with Crippen molar-refractivity contribution in [3.8, 4) is 5.75 Å². The van der Waals surface area contributed by atoms with Gasteiger partial charge in [-0.2, -0.15) is 0 Å². The second-order valence-electron chi connectivity index (χ2n) is 3.43. The minimum Gasteiger partial charge on any atom is -0.496 e. The van der Waals surface area contributed by atoms with Gasteiger partial charge in [0.05, 0.1) is 11.6 Å². The fourth-order valence-corrected chi connectivity index (χ4v) is 2.67. The molecule has 0 aromatic heterocycles. The lowest BCUT2D eigenvalue weighted by molar-refractivity contribution is 0.410. The van der Waals surface area contributed by atoms with E-state index in [4.69, 9.17) is 4.74 Å². The Hall–Kier alpha value is -0.500. The summed E-state index contributed by atoms with van der Waals surface area (Å²) in [6, 6.07) is 4.24. The summed E-state index contributed by atoms with van der Waals surface area (Å²) < 4.78 is 6.42. The van der Waals surface area contributed by atoms with E-state index in [-0.39, 0.29) is 7.43 Å². The molecular formula is C12H17BrO. The van der Waals surface area contributed by atoms with Crippen molar-refractivity contribution in [2.45, 2.75) is 33.1 Å². The van der Waals surface area contributed by atoms with E-state index in [1.807, 2.05) is 6.07 Å². The van der Waals surface area contributed by atoms with Crippen LogP contribution in [0.1, 0.15) is 31.4 Å². The molecule has 1 aliphatic rings. The molecule has 0 atom stereocenters. The SMILES string of the molecule is C.COc1ccc2c(c1Br)CCCC2. The van der Waals surface area contributed by atoms with Gasteiger partial charge in [-0.1, -0.05) is 13.5 Å². The van der Waals surface area contributed by atoms with Crippen LogP contribution < -0.4 is 4.74 Å². The first-order valence-electron chi connectivity index (χ1n) is 4.67. The van der Waals surface area contributed by atoms with E-state index in [1.54, 1.807) is 7.11 Å². The van der Waals surface area contributed by atoms with Crippen LogP contribution in [-0.4, -0.2) is 7.11 Å². The first-order valence-corrected chi connectivity index (χ1v) is 5.46. The predicted octanol–water partition coefficient (Wildman–Crippen LogP) is 3.97. The number of ether oxygens (including phenoxy) is 1. The Kier molecular flexibility index (Phi) is 3.99. The van der Waals surface area contributed by atoms with Gasteiger partial charge in [0.2, 0.25) is 0 Å². The maximum absolute atomic E-state index is 5.26. The van der Waals surface area contributed by atoms with Gasteiger partial charge in [-0.15, -0.1) is 0 Å². The lowest BCUT2D eigenvalue weighted by atomic mass is 9.92. The lowest BCUT2D eigenvalue weighted by Crippen LogP contribution is -2.04. The zero-order chi connectivity index (χ0) is 9.26. The number of methoxy groups -OCH3 is 1. The fourth-order valence-electron chi connectivity index (χ4n) is 1.92. The van der Waals surface area contributed by atoms with Crippen molar-refractivity contribution < 1.29 is 4.74 Å². The van der Waals surface area contributed by atoms with Gasteiger partial charge in [0.1, 0.15) is 5.75 Å². The van der Waals surface area contributed by atoms with Crippen molar-refractivity contribution in [3.05, 3.63) is 27.7 Å². The molecule has 2 heteroatoms. The number of fused-ring (bicyclic) bond motifs is 1. The number of rotatable bonds is 1. The third kappa shape index (κ3) is 1.95. The normalized spacial score (nSPS) is 14.1. The Labute approximate surface area is 94.6 Å². The van der Waals surface area contributed by atoms with Gasteiger partial charge >= 0.3 is 0 Å². The molecule has 1 aromatic carbocycles. The van der Waals surface area contributed by atoms with Crippen LogP contribution in [0.15, 0.2) is 16.6 Å². The highest BCUT2D eigenvalue weighted by atomic mass is 79.9. The van der Waals surface area contributed by atoms with Gasteiger partial charge in [-0.25, -0.2) is 0 Å². The van der Waals surface area contributed by atoms with Crippen molar-refractivity contribution in [2.75, 3.05) is 7.11 Å². The molecule has 78 valence electrons. The van der Waals surface area contributed by atoms with E-state index in [0.717, 1.165) is 10.2 Å².